The molecule has 2 nitrogen and oxygen atoms in total. The van der Waals surface area contributed by atoms with Gasteiger partial charge in [-0.05, 0) is 50.9 Å². The minimum atomic E-state index is 0.822. The summed E-state index contributed by atoms with van der Waals surface area (Å²) in [5, 5.41) is 10.7. The Morgan fingerprint density at radius 1 is 0.388 bits per heavy atom. The first-order valence-corrected chi connectivity index (χ1v) is 17.4. The van der Waals surface area contributed by atoms with Crippen molar-refractivity contribution in [3.05, 3.63) is 158 Å². The van der Waals surface area contributed by atoms with E-state index in [1.54, 1.807) is 0 Å². The second kappa shape index (κ2) is 10.2. The summed E-state index contributed by atoms with van der Waals surface area (Å²) in [4.78, 5) is 0. The number of thiophene rings is 1. The van der Waals surface area contributed by atoms with Gasteiger partial charge in [0.05, 0.1) is 11.6 Å². The molecule has 0 aliphatic carbocycles. The zero-order valence-corrected chi connectivity index (χ0v) is 27.1. The van der Waals surface area contributed by atoms with E-state index in [-0.39, 0.29) is 0 Å². The molecule has 3 aromatic heterocycles. The Hall–Kier alpha value is -6.16. The molecule has 0 saturated heterocycles. The third kappa shape index (κ3) is 3.76. The van der Waals surface area contributed by atoms with Gasteiger partial charge in [-0.1, -0.05) is 133 Å². The first-order valence-electron chi connectivity index (χ1n) is 16.6. The lowest BCUT2D eigenvalue weighted by molar-refractivity contribution is 0.616. The summed E-state index contributed by atoms with van der Waals surface area (Å²) in [6.07, 6.45) is 1.85. The van der Waals surface area contributed by atoms with Crippen LogP contribution in [0.25, 0.3) is 108 Å². The average Bonchev–Trinajstić information content (AvgIpc) is 3.88. The third-order valence-electron chi connectivity index (χ3n) is 10.2. The zero-order chi connectivity index (χ0) is 32.1. The first kappa shape index (κ1) is 26.9. The maximum absolute atomic E-state index is 7.02. The minimum absolute atomic E-state index is 0.822. The molecule has 8 aromatic carbocycles. The minimum Gasteiger partial charge on any atom is -0.464 e. The Bertz CT molecular complexity index is 3050. The molecule has 11 rings (SSSR count). The van der Waals surface area contributed by atoms with Crippen molar-refractivity contribution >= 4 is 86.0 Å². The molecule has 0 atom stereocenters. The number of rotatable bonds is 3. The predicted octanol–water partition coefficient (Wildman–Crippen LogP) is 14.0. The molecule has 0 amide bonds. The average molecular weight is 643 g/mol. The summed E-state index contributed by atoms with van der Waals surface area (Å²) >= 11 is 1.88. The van der Waals surface area contributed by atoms with Crippen molar-refractivity contribution in [1.82, 2.24) is 0 Å². The highest BCUT2D eigenvalue weighted by atomic mass is 32.1. The molecule has 0 unspecified atom stereocenters. The molecule has 0 spiro atoms. The van der Waals surface area contributed by atoms with Gasteiger partial charge in [-0.2, -0.15) is 0 Å². The van der Waals surface area contributed by atoms with E-state index in [9.17, 15) is 0 Å². The fourth-order valence-electron chi connectivity index (χ4n) is 8.06. The molecule has 0 N–H and O–H groups in total. The number of fused-ring (bicyclic) bond motifs is 10. The largest absolute Gasteiger partial charge is 0.464 e. The van der Waals surface area contributed by atoms with Crippen LogP contribution in [0.15, 0.2) is 167 Å². The topological polar surface area (TPSA) is 26.3 Å². The third-order valence-corrected chi connectivity index (χ3v) is 11.4. The summed E-state index contributed by atoms with van der Waals surface area (Å²) in [6, 6.07) is 54.5. The molecule has 11 aromatic rings. The van der Waals surface area contributed by atoms with Gasteiger partial charge in [0, 0.05) is 53.2 Å². The lowest BCUT2D eigenvalue weighted by atomic mass is 9.85. The van der Waals surface area contributed by atoms with E-state index >= 15 is 0 Å². The molecular formula is C46H26O2S. The van der Waals surface area contributed by atoms with E-state index in [1.807, 2.05) is 23.7 Å². The number of benzene rings is 8. The fourth-order valence-corrected chi connectivity index (χ4v) is 9.28. The molecule has 0 aliphatic heterocycles. The smallest absolute Gasteiger partial charge is 0.147 e. The van der Waals surface area contributed by atoms with Crippen LogP contribution in [0.2, 0.25) is 0 Å². The van der Waals surface area contributed by atoms with Gasteiger partial charge in [0.1, 0.15) is 16.7 Å². The van der Waals surface area contributed by atoms with E-state index in [1.165, 1.54) is 58.4 Å². The van der Waals surface area contributed by atoms with Crippen LogP contribution in [0.4, 0.5) is 0 Å². The van der Waals surface area contributed by atoms with Gasteiger partial charge in [0.2, 0.25) is 0 Å². The Morgan fingerprint density at radius 3 is 1.69 bits per heavy atom. The quantitative estimate of drug-likeness (QED) is 0.179. The van der Waals surface area contributed by atoms with Crippen molar-refractivity contribution in [2.45, 2.75) is 0 Å². The normalized spacial score (nSPS) is 12.1. The Balaban J connectivity index is 1.25. The van der Waals surface area contributed by atoms with Gasteiger partial charge in [0.15, 0.2) is 0 Å². The van der Waals surface area contributed by atoms with Crippen LogP contribution in [0.1, 0.15) is 0 Å². The molecular weight excluding hydrogens is 617 g/mol. The maximum atomic E-state index is 7.02. The van der Waals surface area contributed by atoms with Crippen molar-refractivity contribution < 1.29 is 8.83 Å². The number of furan rings is 2. The van der Waals surface area contributed by atoms with Crippen molar-refractivity contribution in [3.63, 3.8) is 0 Å². The lowest BCUT2D eigenvalue weighted by Crippen LogP contribution is -1.91. The molecule has 228 valence electrons. The van der Waals surface area contributed by atoms with Crippen molar-refractivity contribution in [1.29, 1.82) is 0 Å². The highest BCUT2D eigenvalue weighted by Gasteiger charge is 2.23. The molecule has 0 saturated carbocycles. The first-order chi connectivity index (χ1) is 24.3. The van der Waals surface area contributed by atoms with E-state index in [0.717, 1.165) is 49.6 Å². The van der Waals surface area contributed by atoms with Gasteiger partial charge in [-0.25, -0.2) is 0 Å². The van der Waals surface area contributed by atoms with Crippen LogP contribution in [0, 0.1) is 0 Å². The second-order valence-corrected chi connectivity index (χ2v) is 13.8. The molecule has 3 heterocycles. The molecule has 0 bridgehead atoms. The highest BCUT2D eigenvalue weighted by molar-refractivity contribution is 7.26. The van der Waals surface area contributed by atoms with E-state index < -0.39 is 0 Å². The van der Waals surface area contributed by atoms with Crippen molar-refractivity contribution in [3.8, 4) is 33.4 Å². The highest BCUT2D eigenvalue weighted by Crippen LogP contribution is 2.50. The Labute approximate surface area is 285 Å². The monoisotopic (exact) mass is 642 g/mol. The van der Waals surface area contributed by atoms with Crippen LogP contribution in [0.5, 0.6) is 0 Å². The van der Waals surface area contributed by atoms with Gasteiger partial charge in [0.25, 0.3) is 0 Å². The summed E-state index contributed by atoms with van der Waals surface area (Å²) in [7, 11) is 0. The summed E-state index contributed by atoms with van der Waals surface area (Å²) in [5.74, 6) is 0. The molecule has 3 heteroatoms. The van der Waals surface area contributed by atoms with E-state index in [0.29, 0.717) is 0 Å². The molecule has 0 radical (unpaired) electrons. The standard InChI is InChI=1S/C46H26O2S/c1-2-12-27(13-3-1)38-26-47-39-25-24-34-33-19-10-21-36(44(33)48-45(34)43(38)39)41-29-15-4-6-17-31(29)42(32-18-7-5-16-30(32)41)37-22-11-20-35-28-14-8-9-23-40(28)49-46(35)37/h1-26H. The van der Waals surface area contributed by atoms with E-state index in [4.69, 9.17) is 8.83 Å². The van der Waals surface area contributed by atoms with Gasteiger partial charge in [-0.3, -0.25) is 0 Å². The number of hydrogen-bond acceptors (Lipinski definition) is 3. The van der Waals surface area contributed by atoms with Crippen LogP contribution < -0.4 is 0 Å². The number of hydrogen-bond donors (Lipinski definition) is 0. The van der Waals surface area contributed by atoms with Gasteiger partial charge in [-0.15, -0.1) is 11.3 Å². The maximum Gasteiger partial charge on any atom is 0.147 e. The molecule has 49 heavy (non-hydrogen) atoms. The zero-order valence-electron chi connectivity index (χ0n) is 26.2. The molecule has 0 fully saturated rings. The van der Waals surface area contributed by atoms with Gasteiger partial charge >= 0.3 is 0 Å². The predicted molar refractivity (Wildman–Crippen MR) is 208 cm³/mol. The second-order valence-electron chi connectivity index (χ2n) is 12.7. The van der Waals surface area contributed by atoms with Crippen molar-refractivity contribution in [2.75, 3.05) is 0 Å². The SMILES string of the molecule is c1ccc(-c2coc3ccc4c5cccc(-c6c7ccccc7c(-c7cccc8c7sc7ccccc78)c7ccccc67)c5oc4c23)cc1. The molecule has 0 aliphatic rings. The van der Waals surface area contributed by atoms with Crippen LogP contribution in [0.3, 0.4) is 0 Å². The van der Waals surface area contributed by atoms with E-state index in [2.05, 4.69) is 146 Å². The Morgan fingerprint density at radius 2 is 0.959 bits per heavy atom. The van der Waals surface area contributed by atoms with Crippen LogP contribution in [-0.4, -0.2) is 0 Å². The van der Waals surface area contributed by atoms with Crippen LogP contribution in [-0.2, 0) is 0 Å². The van der Waals surface area contributed by atoms with Crippen molar-refractivity contribution in [2.24, 2.45) is 0 Å². The summed E-state index contributed by atoms with van der Waals surface area (Å²) in [5.41, 5.74) is 9.54. The lowest BCUT2D eigenvalue weighted by Gasteiger charge is -2.18. The summed E-state index contributed by atoms with van der Waals surface area (Å²) in [6.45, 7) is 0. The fraction of sp³-hybridized carbons (Fsp3) is 0. The van der Waals surface area contributed by atoms with Gasteiger partial charge < -0.3 is 8.83 Å². The summed E-state index contributed by atoms with van der Waals surface area (Å²) < 4.78 is 15.7. The number of para-hydroxylation sites is 1. The Kier molecular flexibility index (Phi) is 5.57. The van der Waals surface area contributed by atoms with Crippen LogP contribution >= 0.6 is 11.3 Å².